The van der Waals surface area contributed by atoms with Crippen molar-refractivity contribution in [3.63, 3.8) is 0 Å². The van der Waals surface area contributed by atoms with E-state index in [1.165, 1.54) is 11.1 Å². The van der Waals surface area contributed by atoms with E-state index in [2.05, 4.69) is 34.9 Å². The van der Waals surface area contributed by atoms with Crippen molar-refractivity contribution in [1.29, 1.82) is 5.26 Å². The number of para-hydroxylation sites is 1. The highest BCUT2D eigenvalue weighted by Gasteiger charge is 2.16. The van der Waals surface area contributed by atoms with Crippen molar-refractivity contribution in [1.82, 2.24) is 9.47 Å². The van der Waals surface area contributed by atoms with Crippen molar-refractivity contribution < 1.29 is 4.79 Å². The Morgan fingerprint density at radius 2 is 1.90 bits per heavy atom. The first-order valence-corrected chi connectivity index (χ1v) is 9.92. The fraction of sp³-hybridized carbons (Fsp3) is 0.200. The number of amides is 1. The zero-order valence-corrected chi connectivity index (χ0v) is 16.3. The summed E-state index contributed by atoms with van der Waals surface area (Å²) in [6.07, 6.45) is 9.07. The third-order valence-corrected chi connectivity index (χ3v) is 5.35. The summed E-state index contributed by atoms with van der Waals surface area (Å²) in [5.41, 5.74) is 4.63. The summed E-state index contributed by atoms with van der Waals surface area (Å²) in [5.74, 6) is 0.0298. The second kappa shape index (κ2) is 8.62. The maximum atomic E-state index is 12.7. The van der Waals surface area contributed by atoms with E-state index in [0.29, 0.717) is 19.5 Å². The molecule has 0 unspecified atom stereocenters. The summed E-state index contributed by atoms with van der Waals surface area (Å²) in [6.45, 7) is 2.02. The first-order chi connectivity index (χ1) is 14.3. The minimum atomic E-state index is 0.0298. The van der Waals surface area contributed by atoms with Crippen LogP contribution in [0, 0.1) is 11.3 Å². The Labute approximate surface area is 171 Å². The second-order valence-electron chi connectivity index (χ2n) is 7.17. The molecule has 144 valence electrons. The van der Waals surface area contributed by atoms with Crippen LogP contribution in [-0.4, -0.2) is 28.5 Å². The molecule has 0 saturated carbocycles. The van der Waals surface area contributed by atoms with E-state index >= 15 is 0 Å². The van der Waals surface area contributed by atoms with E-state index in [1.807, 2.05) is 53.6 Å². The molecule has 3 aromatic rings. The van der Waals surface area contributed by atoms with Gasteiger partial charge in [-0.3, -0.25) is 4.79 Å². The normalized spacial score (nSPS) is 14.2. The quantitative estimate of drug-likeness (QED) is 0.591. The van der Waals surface area contributed by atoms with Crippen molar-refractivity contribution in [3.8, 4) is 6.07 Å². The van der Waals surface area contributed by atoms with Crippen molar-refractivity contribution in [2.75, 3.05) is 13.1 Å². The number of nitriles is 1. The van der Waals surface area contributed by atoms with Gasteiger partial charge >= 0.3 is 0 Å². The monoisotopic (exact) mass is 381 g/mol. The molecular weight excluding hydrogens is 358 g/mol. The number of aryl methyl sites for hydroxylation is 1. The Morgan fingerprint density at radius 3 is 2.66 bits per heavy atom. The van der Waals surface area contributed by atoms with Gasteiger partial charge in [-0.15, -0.1) is 0 Å². The smallest absolute Gasteiger partial charge is 0.246 e. The standard InChI is InChI=1S/C25H23N3O/c26-15-6-16-28-19-22(23-9-4-5-10-24(23)28)11-12-25(29)27-17-13-21(14-18-27)20-7-2-1-3-8-20/h1-5,7-13,19H,6,14,16-18H2/b12-11+. The molecule has 1 aliphatic heterocycles. The SMILES string of the molecule is N#CCCn1cc(/C=C/C(=O)N2CC=C(c3ccccc3)CC2)c2ccccc21. The van der Waals surface area contributed by atoms with Gasteiger partial charge in [-0.05, 0) is 29.7 Å². The van der Waals surface area contributed by atoms with Crippen LogP contribution in [0.25, 0.3) is 22.6 Å². The Kier molecular flexibility index (Phi) is 5.58. The van der Waals surface area contributed by atoms with E-state index in [4.69, 9.17) is 5.26 Å². The van der Waals surface area contributed by atoms with Crippen LogP contribution in [-0.2, 0) is 11.3 Å². The fourth-order valence-corrected chi connectivity index (χ4v) is 3.81. The van der Waals surface area contributed by atoms with E-state index in [-0.39, 0.29) is 5.91 Å². The zero-order valence-electron chi connectivity index (χ0n) is 16.3. The maximum absolute atomic E-state index is 12.7. The summed E-state index contributed by atoms with van der Waals surface area (Å²) in [4.78, 5) is 14.6. The molecule has 0 atom stereocenters. The van der Waals surface area contributed by atoms with Crippen LogP contribution in [0.3, 0.4) is 0 Å². The molecule has 0 radical (unpaired) electrons. The number of aromatic nitrogens is 1. The molecule has 0 bridgehead atoms. The molecule has 2 heterocycles. The minimum absolute atomic E-state index is 0.0298. The topological polar surface area (TPSA) is 49.0 Å². The van der Waals surface area contributed by atoms with E-state index in [1.54, 1.807) is 6.08 Å². The predicted octanol–water partition coefficient (Wildman–Crippen LogP) is 4.88. The Balaban J connectivity index is 1.48. The van der Waals surface area contributed by atoms with Gasteiger partial charge in [-0.2, -0.15) is 5.26 Å². The van der Waals surface area contributed by atoms with Gasteiger partial charge in [0.05, 0.1) is 12.5 Å². The molecule has 29 heavy (non-hydrogen) atoms. The maximum Gasteiger partial charge on any atom is 0.246 e. The van der Waals surface area contributed by atoms with Gasteiger partial charge in [0.2, 0.25) is 5.91 Å². The number of carbonyl (C=O) groups is 1. The average molecular weight is 381 g/mol. The lowest BCUT2D eigenvalue weighted by Gasteiger charge is -2.25. The number of benzene rings is 2. The molecule has 1 aliphatic rings. The Morgan fingerprint density at radius 1 is 1.10 bits per heavy atom. The molecular formula is C25H23N3O. The van der Waals surface area contributed by atoms with Crippen molar-refractivity contribution in [2.24, 2.45) is 0 Å². The van der Waals surface area contributed by atoms with Gasteiger partial charge in [0.25, 0.3) is 0 Å². The van der Waals surface area contributed by atoms with Gasteiger partial charge in [0.15, 0.2) is 0 Å². The largest absolute Gasteiger partial charge is 0.346 e. The van der Waals surface area contributed by atoms with Gasteiger partial charge in [-0.25, -0.2) is 0 Å². The lowest BCUT2D eigenvalue weighted by Crippen LogP contribution is -2.33. The van der Waals surface area contributed by atoms with Crippen LogP contribution in [0.4, 0.5) is 0 Å². The van der Waals surface area contributed by atoms with Crippen molar-refractivity contribution in [2.45, 2.75) is 19.4 Å². The Bertz CT molecular complexity index is 1120. The van der Waals surface area contributed by atoms with E-state index in [9.17, 15) is 4.79 Å². The first kappa shape index (κ1) is 18.8. The van der Waals surface area contributed by atoms with Gasteiger partial charge in [0.1, 0.15) is 0 Å². The molecule has 0 spiro atoms. The number of nitrogens with zero attached hydrogens (tertiary/aromatic N) is 3. The molecule has 4 heteroatoms. The summed E-state index contributed by atoms with van der Waals surface area (Å²) < 4.78 is 2.08. The summed E-state index contributed by atoms with van der Waals surface area (Å²) in [7, 11) is 0. The molecule has 0 fully saturated rings. The summed E-state index contributed by atoms with van der Waals surface area (Å²) in [6, 6.07) is 20.6. The predicted molar refractivity (Wildman–Crippen MR) is 117 cm³/mol. The van der Waals surface area contributed by atoms with E-state index < -0.39 is 0 Å². The van der Waals surface area contributed by atoms with Crippen LogP contribution in [0.1, 0.15) is 24.0 Å². The third kappa shape index (κ3) is 4.14. The van der Waals surface area contributed by atoms with Crippen LogP contribution in [0.2, 0.25) is 0 Å². The molecule has 0 saturated heterocycles. The lowest BCUT2D eigenvalue weighted by atomic mass is 9.99. The van der Waals surface area contributed by atoms with Crippen LogP contribution >= 0.6 is 0 Å². The number of carbonyl (C=O) groups excluding carboxylic acids is 1. The molecule has 0 N–H and O–H groups in total. The highest BCUT2D eigenvalue weighted by molar-refractivity contribution is 5.96. The first-order valence-electron chi connectivity index (χ1n) is 9.92. The molecule has 2 aromatic carbocycles. The zero-order chi connectivity index (χ0) is 20.1. The number of fused-ring (bicyclic) bond motifs is 1. The number of hydrogen-bond donors (Lipinski definition) is 0. The number of rotatable bonds is 5. The molecule has 4 rings (SSSR count). The molecule has 1 amide bonds. The van der Waals surface area contributed by atoms with Crippen molar-refractivity contribution >= 4 is 28.5 Å². The highest BCUT2D eigenvalue weighted by atomic mass is 16.2. The molecule has 0 aliphatic carbocycles. The van der Waals surface area contributed by atoms with E-state index in [0.717, 1.165) is 29.4 Å². The lowest BCUT2D eigenvalue weighted by molar-refractivity contribution is -0.125. The second-order valence-corrected chi connectivity index (χ2v) is 7.17. The highest BCUT2D eigenvalue weighted by Crippen LogP contribution is 2.24. The molecule has 1 aromatic heterocycles. The van der Waals surface area contributed by atoms with Crippen LogP contribution < -0.4 is 0 Å². The Hall–Kier alpha value is -3.58. The van der Waals surface area contributed by atoms with Gasteiger partial charge < -0.3 is 9.47 Å². The van der Waals surface area contributed by atoms with Crippen LogP contribution in [0.5, 0.6) is 0 Å². The van der Waals surface area contributed by atoms with Crippen LogP contribution in [0.15, 0.2) is 72.9 Å². The summed E-state index contributed by atoms with van der Waals surface area (Å²) >= 11 is 0. The molecule has 4 nitrogen and oxygen atoms in total. The average Bonchev–Trinajstić information content (AvgIpc) is 3.14. The number of hydrogen-bond acceptors (Lipinski definition) is 2. The third-order valence-electron chi connectivity index (χ3n) is 5.35. The van der Waals surface area contributed by atoms with Gasteiger partial charge in [0, 0.05) is 48.4 Å². The van der Waals surface area contributed by atoms with Gasteiger partial charge in [-0.1, -0.05) is 54.6 Å². The minimum Gasteiger partial charge on any atom is -0.346 e. The van der Waals surface area contributed by atoms with Crippen molar-refractivity contribution in [3.05, 3.63) is 84.1 Å². The fourth-order valence-electron chi connectivity index (χ4n) is 3.81. The summed E-state index contributed by atoms with van der Waals surface area (Å²) in [5, 5.41) is 9.98.